The molecule has 0 aromatic heterocycles. The van der Waals surface area contributed by atoms with Crippen molar-refractivity contribution in [3.63, 3.8) is 0 Å². The zero-order valence-electron chi connectivity index (χ0n) is 11.9. The molecule has 0 amide bonds. The Morgan fingerprint density at radius 2 is 1.57 bits per heavy atom. The third-order valence-electron chi connectivity index (χ3n) is 4.04. The Hall–Kier alpha value is -1.71. The van der Waals surface area contributed by atoms with Gasteiger partial charge < -0.3 is 15.5 Å². The van der Waals surface area contributed by atoms with E-state index in [-0.39, 0.29) is 16.5 Å². The molecule has 3 rings (SSSR count). The van der Waals surface area contributed by atoms with Gasteiger partial charge in [-0.3, -0.25) is 0 Å². The van der Waals surface area contributed by atoms with Gasteiger partial charge in [-0.2, -0.15) is 0 Å². The summed E-state index contributed by atoms with van der Waals surface area (Å²) in [6.07, 6.45) is 1.53. The number of fused-ring (bicyclic) bond motifs is 1. The van der Waals surface area contributed by atoms with Crippen LogP contribution in [0.15, 0.2) is 24.3 Å². The standard InChI is InChI=1S/C17H18ClNO2/c1-10-2-4-11(5-3-10)14-12-6-8-19-9-7-13(12)15(18)17(21)16(14)20/h2-5,19-21H,6-9H2,1H3. The van der Waals surface area contributed by atoms with Crippen molar-refractivity contribution in [1.82, 2.24) is 5.32 Å². The van der Waals surface area contributed by atoms with Crippen LogP contribution in [0.25, 0.3) is 11.1 Å². The second kappa shape index (κ2) is 5.58. The maximum atomic E-state index is 10.4. The number of halogens is 1. The lowest BCUT2D eigenvalue weighted by Gasteiger charge is -2.18. The van der Waals surface area contributed by atoms with E-state index in [0.29, 0.717) is 5.56 Å². The summed E-state index contributed by atoms with van der Waals surface area (Å²) in [5.74, 6) is -0.336. The van der Waals surface area contributed by atoms with Crippen LogP contribution in [0.5, 0.6) is 11.5 Å². The Labute approximate surface area is 129 Å². The van der Waals surface area contributed by atoms with Gasteiger partial charge in [0.05, 0.1) is 5.02 Å². The van der Waals surface area contributed by atoms with Gasteiger partial charge in [0, 0.05) is 5.56 Å². The van der Waals surface area contributed by atoms with E-state index in [1.807, 2.05) is 31.2 Å². The molecule has 0 radical (unpaired) electrons. The summed E-state index contributed by atoms with van der Waals surface area (Å²) in [5, 5.41) is 24.1. The van der Waals surface area contributed by atoms with Crippen LogP contribution in [0.4, 0.5) is 0 Å². The Morgan fingerprint density at radius 3 is 2.24 bits per heavy atom. The molecule has 0 unspecified atom stereocenters. The summed E-state index contributed by atoms with van der Waals surface area (Å²) in [5.41, 5.74) is 4.74. The van der Waals surface area contributed by atoms with E-state index < -0.39 is 0 Å². The summed E-state index contributed by atoms with van der Waals surface area (Å²) >= 11 is 6.24. The van der Waals surface area contributed by atoms with Gasteiger partial charge in [-0.05, 0) is 49.5 Å². The van der Waals surface area contributed by atoms with Gasteiger partial charge >= 0.3 is 0 Å². The lowest BCUT2D eigenvalue weighted by molar-refractivity contribution is 0.404. The van der Waals surface area contributed by atoms with E-state index in [1.54, 1.807) is 0 Å². The van der Waals surface area contributed by atoms with E-state index in [9.17, 15) is 10.2 Å². The normalized spacial score (nSPS) is 14.6. The molecule has 4 heteroatoms. The third-order valence-corrected chi connectivity index (χ3v) is 4.45. The van der Waals surface area contributed by atoms with Gasteiger partial charge in [0.15, 0.2) is 11.5 Å². The van der Waals surface area contributed by atoms with E-state index in [2.05, 4.69) is 5.32 Å². The van der Waals surface area contributed by atoms with Crippen LogP contribution in [0.2, 0.25) is 5.02 Å². The van der Waals surface area contributed by atoms with Crippen LogP contribution in [0.3, 0.4) is 0 Å². The predicted molar refractivity (Wildman–Crippen MR) is 85.2 cm³/mol. The molecule has 0 spiro atoms. The van der Waals surface area contributed by atoms with E-state index in [4.69, 9.17) is 11.6 Å². The molecule has 1 aliphatic heterocycles. The fourth-order valence-electron chi connectivity index (χ4n) is 2.91. The van der Waals surface area contributed by atoms with Crippen LogP contribution in [0, 0.1) is 6.92 Å². The number of nitrogens with one attached hydrogen (secondary N) is 1. The van der Waals surface area contributed by atoms with Gasteiger partial charge in [0.25, 0.3) is 0 Å². The fourth-order valence-corrected chi connectivity index (χ4v) is 3.21. The van der Waals surface area contributed by atoms with Crippen molar-refractivity contribution < 1.29 is 10.2 Å². The number of benzene rings is 2. The molecule has 1 aliphatic rings. The highest BCUT2D eigenvalue weighted by molar-refractivity contribution is 6.33. The second-order valence-corrected chi connectivity index (χ2v) is 5.84. The van der Waals surface area contributed by atoms with Crippen molar-refractivity contribution in [1.29, 1.82) is 0 Å². The van der Waals surface area contributed by atoms with E-state index in [0.717, 1.165) is 48.2 Å². The second-order valence-electron chi connectivity index (χ2n) is 5.46. The number of phenolic OH excluding ortho intramolecular Hbond substituents is 2. The van der Waals surface area contributed by atoms with Gasteiger partial charge in [-0.25, -0.2) is 0 Å². The maximum absolute atomic E-state index is 10.4. The van der Waals surface area contributed by atoms with Crippen LogP contribution >= 0.6 is 11.6 Å². The highest BCUT2D eigenvalue weighted by atomic mass is 35.5. The Kier molecular flexibility index (Phi) is 3.79. The number of phenols is 2. The van der Waals surface area contributed by atoms with Crippen molar-refractivity contribution in [3.05, 3.63) is 46.0 Å². The molecule has 0 bridgehead atoms. The minimum Gasteiger partial charge on any atom is -0.504 e. The van der Waals surface area contributed by atoms with Crippen molar-refractivity contribution in [2.45, 2.75) is 19.8 Å². The number of aromatic hydroxyl groups is 2. The van der Waals surface area contributed by atoms with Crippen molar-refractivity contribution in [2.75, 3.05) is 13.1 Å². The molecular weight excluding hydrogens is 286 g/mol. The van der Waals surface area contributed by atoms with Crippen LogP contribution in [-0.4, -0.2) is 23.3 Å². The van der Waals surface area contributed by atoms with Gasteiger partial charge in [0.2, 0.25) is 0 Å². The minimum absolute atomic E-state index is 0.121. The molecule has 0 saturated carbocycles. The molecule has 3 N–H and O–H groups in total. The largest absolute Gasteiger partial charge is 0.504 e. The Morgan fingerprint density at radius 1 is 0.952 bits per heavy atom. The molecular formula is C17H18ClNO2. The molecule has 2 aromatic rings. The lowest BCUT2D eigenvalue weighted by atomic mass is 9.90. The van der Waals surface area contributed by atoms with Gasteiger partial charge in [-0.1, -0.05) is 41.4 Å². The first-order valence-electron chi connectivity index (χ1n) is 7.12. The fraction of sp³-hybridized carbons (Fsp3) is 0.294. The molecule has 0 fully saturated rings. The SMILES string of the molecule is Cc1ccc(-c2c(O)c(O)c(Cl)c3c2CCNCC3)cc1. The topological polar surface area (TPSA) is 52.5 Å². The summed E-state index contributed by atoms with van der Waals surface area (Å²) in [4.78, 5) is 0. The van der Waals surface area contributed by atoms with E-state index >= 15 is 0 Å². The summed E-state index contributed by atoms with van der Waals surface area (Å²) in [7, 11) is 0. The zero-order chi connectivity index (χ0) is 15.0. The zero-order valence-corrected chi connectivity index (χ0v) is 12.7. The molecule has 110 valence electrons. The van der Waals surface area contributed by atoms with Gasteiger partial charge in [0.1, 0.15) is 0 Å². The summed E-state index contributed by atoms with van der Waals surface area (Å²) in [6.45, 7) is 3.68. The van der Waals surface area contributed by atoms with Crippen molar-refractivity contribution in [2.24, 2.45) is 0 Å². The van der Waals surface area contributed by atoms with Crippen molar-refractivity contribution in [3.8, 4) is 22.6 Å². The molecule has 0 saturated heterocycles. The Bertz CT molecular complexity index is 680. The van der Waals surface area contributed by atoms with Gasteiger partial charge in [-0.15, -0.1) is 0 Å². The molecule has 2 aromatic carbocycles. The number of aryl methyl sites for hydroxylation is 1. The molecule has 21 heavy (non-hydrogen) atoms. The van der Waals surface area contributed by atoms with Crippen LogP contribution < -0.4 is 5.32 Å². The summed E-state index contributed by atoms with van der Waals surface area (Å²) < 4.78 is 0. The Balaban J connectivity index is 2.28. The van der Waals surface area contributed by atoms with Crippen LogP contribution in [-0.2, 0) is 12.8 Å². The number of hydrogen-bond donors (Lipinski definition) is 3. The third kappa shape index (κ3) is 2.47. The minimum atomic E-state index is -0.215. The van der Waals surface area contributed by atoms with Crippen molar-refractivity contribution >= 4 is 11.6 Å². The quantitative estimate of drug-likeness (QED) is 0.708. The predicted octanol–water partition coefficient (Wildman–Crippen LogP) is 3.41. The first-order chi connectivity index (χ1) is 10.1. The highest BCUT2D eigenvalue weighted by Gasteiger charge is 2.24. The highest BCUT2D eigenvalue weighted by Crippen LogP contribution is 2.47. The maximum Gasteiger partial charge on any atom is 0.177 e. The lowest BCUT2D eigenvalue weighted by Crippen LogP contribution is -2.16. The smallest absolute Gasteiger partial charge is 0.177 e. The van der Waals surface area contributed by atoms with Crippen LogP contribution in [0.1, 0.15) is 16.7 Å². The number of rotatable bonds is 1. The molecule has 0 atom stereocenters. The van der Waals surface area contributed by atoms with E-state index in [1.165, 1.54) is 0 Å². The average molecular weight is 304 g/mol. The first kappa shape index (κ1) is 14.2. The molecule has 1 heterocycles. The first-order valence-corrected chi connectivity index (χ1v) is 7.50. The molecule has 0 aliphatic carbocycles. The monoisotopic (exact) mass is 303 g/mol. The summed E-state index contributed by atoms with van der Waals surface area (Å²) in [6, 6.07) is 7.94. The number of hydrogen-bond acceptors (Lipinski definition) is 3. The molecule has 3 nitrogen and oxygen atoms in total. The average Bonchev–Trinajstić information content (AvgIpc) is 2.73.